The molecule has 7 heteroatoms. The number of para-hydroxylation sites is 1. The van der Waals surface area contributed by atoms with Crippen LogP contribution in [0.4, 0.5) is 18.9 Å². The maximum absolute atomic E-state index is 12.9. The summed E-state index contributed by atoms with van der Waals surface area (Å²) in [5.41, 5.74) is -1.08. The van der Waals surface area contributed by atoms with Gasteiger partial charge in [-0.15, -0.1) is 11.8 Å². The predicted octanol–water partition coefficient (Wildman–Crippen LogP) is 5.59. The molecule has 0 saturated heterocycles. The number of alkyl halides is 3. The molecule has 0 aromatic heterocycles. The van der Waals surface area contributed by atoms with E-state index >= 15 is 0 Å². The van der Waals surface area contributed by atoms with E-state index in [9.17, 15) is 18.0 Å². The van der Waals surface area contributed by atoms with E-state index in [0.29, 0.717) is 0 Å². The number of anilines is 1. The van der Waals surface area contributed by atoms with Crippen molar-refractivity contribution in [2.75, 3.05) is 5.32 Å². The summed E-state index contributed by atoms with van der Waals surface area (Å²) in [5, 5.41) is 1.83. The summed E-state index contributed by atoms with van der Waals surface area (Å²) in [5.74, 6) is -0.477. The molecule has 0 bridgehead atoms. The minimum atomic E-state index is -4.51. The standard InChI is InChI=1S/C16H13BrF3NOS/c1-10(23-12-8-6-11(17)7-9-12)15(22)21-14-5-3-2-4-13(14)16(18,19)20/h2-10H,1H3,(H,21,22). The molecule has 1 atom stereocenters. The Hall–Kier alpha value is -1.47. The van der Waals surface area contributed by atoms with Crippen LogP contribution in [0.25, 0.3) is 0 Å². The second-order valence-corrected chi connectivity index (χ2v) is 7.08. The Morgan fingerprint density at radius 1 is 1.13 bits per heavy atom. The van der Waals surface area contributed by atoms with E-state index in [-0.39, 0.29) is 5.69 Å². The van der Waals surface area contributed by atoms with Crippen molar-refractivity contribution in [3.8, 4) is 0 Å². The molecular weight excluding hydrogens is 391 g/mol. The van der Waals surface area contributed by atoms with Crippen LogP contribution in [-0.2, 0) is 11.0 Å². The van der Waals surface area contributed by atoms with Crippen molar-refractivity contribution in [2.45, 2.75) is 23.2 Å². The topological polar surface area (TPSA) is 29.1 Å². The number of hydrogen-bond donors (Lipinski definition) is 1. The lowest BCUT2D eigenvalue weighted by Gasteiger charge is -2.16. The smallest absolute Gasteiger partial charge is 0.325 e. The number of halogens is 4. The second-order valence-electron chi connectivity index (χ2n) is 4.75. The van der Waals surface area contributed by atoms with Gasteiger partial charge in [-0.25, -0.2) is 0 Å². The minimum Gasteiger partial charge on any atom is -0.325 e. The average molecular weight is 404 g/mol. The molecule has 0 aliphatic heterocycles. The number of nitrogens with one attached hydrogen (secondary N) is 1. The number of amides is 1. The molecule has 0 aliphatic carbocycles. The Balaban J connectivity index is 2.08. The van der Waals surface area contributed by atoms with Crippen molar-refractivity contribution in [3.63, 3.8) is 0 Å². The average Bonchev–Trinajstić information content (AvgIpc) is 2.49. The number of benzene rings is 2. The molecule has 2 aromatic rings. The molecule has 0 heterocycles. The minimum absolute atomic E-state index is 0.228. The van der Waals surface area contributed by atoms with Crippen LogP contribution in [0, 0.1) is 0 Å². The monoisotopic (exact) mass is 403 g/mol. The highest BCUT2D eigenvalue weighted by molar-refractivity contribution is 9.10. The number of carbonyl (C=O) groups excluding carboxylic acids is 1. The number of rotatable bonds is 4. The van der Waals surface area contributed by atoms with Crippen molar-refractivity contribution in [3.05, 3.63) is 58.6 Å². The first-order valence-corrected chi connectivity index (χ1v) is 8.34. The quantitative estimate of drug-likeness (QED) is 0.674. The van der Waals surface area contributed by atoms with Crippen LogP contribution < -0.4 is 5.32 Å². The Kier molecular flexibility index (Phi) is 5.75. The second kappa shape index (κ2) is 7.40. The first-order valence-electron chi connectivity index (χ1n) is 6.66. The van der Waals surface area contributed by atoms with Gasteiger partial charge in [0, 0.05) is 9.37 Å². The lowest BCUT2D eigenvalue weighted by molar-refractivity contribution is -0.137. The lowest BCUT2D eigenvalue weighted by Crippen LogP contribution is -2.24. The lowest BCUT2D eigenvalue weighted by atomic mass is 10.1. The van der Waals surface area contributed by atoms with Gasteiger partial charge in [0.2, 0.25) is 5.91 Å². The molecule has 2 nitrogen and oxygen atoms in total. The van der Waals surface area contributed by atoms with Crippen molar-refractivity contribution < 1.29 is 18.0 Å². The highest BCUT2D eigenvalue weighted by atomic mass is 79.9. The Labute approximate surface area is 144 Å². The largest absolute Gasteiger partial charge is 0.418 e. The van der Waals surface area contributed by atoms with E-state index in [4.69, 9.17) is 0 Å². The number of thioether (sulfide) groups is 1. The van der Waals surface area contributed by atoms with Crippen LogP contribution in [-0.4, -0.2) is 11.2 Å². The molecule has 122 valence electrons. The van der Waals surface area contributed by atoms with Gasteiger partial charge in [0.25, 0.3) is 0 Å². The summed E-state index contributed by atoms with van der Waals surface area (Å²) in [6.07, 6.45) is -4.51. The van der Waals surface area contributed by atoms with E-state index < -0.39 is 22.9 Å². The summed E-state index contributed by atoms with van der Waals surface area (Å²) in [7, 11) is 0. The molecule has 2 aromatic carbocycles. The fourth-order valence-corrected chi connectivity index (χ4v) is 2.98. The fraction of sp³-hybridized carbons (Fsp3) is 0.188. The van der Waals surface area contributed by atoms with E-state index in [2.05, 4.69) is 21.2 Å². The Morgan fingerprint density at radius 3 is 2.35 bits per heavy atom. The van der Waals surface area contributed by atoms with E-state index in [1.54, 1.807) is 6.92 Å². The maximum atomic E-state index is 12.9. The van der Waals surface area contributed by atoms with Crippen LogP contribution in [0.5, 0.6) is 0 Å². The van der Waals surface area contributed by atoms with Gasteiger partial charge in [0.15, 0.2) is 0 Å². The van der Waals surface area contributed by atoms with Crippen LogP contribution in [0.15, 0.2) is 57.9 Å². The van der Waals surface area contributed by atoms with Crippen LogP contribution >= 0.6 is 27.7 Å². The number of hydrogen-bond acceptors (Lipinski definition) is 2. The molecule has 2 rings (SSSR count). The highest BCUT2D eigenvalue weighted by Gasteiger charge is 2.33. The predicted molar refractivity (Wildman–Crippen MR) is 89.5 cm³/mol. The molecular formula is C16H13BrF3NOS. The highest BCUT2D eigenvalue weighted by Crippen LogP contribution is 2.35. The van der Waals surface area contributed by atoms with Gasteiger partial charge < -0.3 is 5.32 Å². The van der Waals surface area contributed by atoms with Gasteiger partial charge in [-0.2, -0.15) is 13.2 Å². The maximum Gasteiger partial charge on any atom is 0.418 e. The molecule has 0 aliphatic rings. The fourth-order valence-electron chi connectivity index (χ4n) is 1.84. The molecule has 1 unspecified atom stereocenters. The van der Waals surface area contributed by atoms with Crippen LogP contribution in [0.2, 0.25) is 0 Å². The molecule has 0 radical (unpaired) electrons. The molecule has 1 N–H and O–H groups in total. The first-order chi connectivity index (χ1) is 10.8. The first kappa shape index (κ1) is 17.9. The van der Waals surface area contributed by atoms with Gasteiger partial charge in [0.05, 0.1) is 16.5 Å². The van der Waals surface area contributed by atoms with Crippen molar-refractivity contribution in [1.82, 2.24) is 0 Å². The molecule has 23 heavy (non-hydrogen) atoms. The van der Waals surface area contributed by atoms with Crippen molar-refractivity contribution in [2.24, 2.45) is 0 Å². The summed E-state index contributed by atoms with van der Waals surface area (Å²) in [6.45, 7) is 1.65. The Bertz CT molecular complexity index is 688. The normalized spacial score (nSPS) is 12.7. The SMILES string of the molecule is CC(Sc1ccc(Br)cc1)C(=O)Nc1ccccc1C(F)(F)F. The van der Waals surface area contributed by atoms with Gasteiger partial charge in [-0.3, -0.25) is 4.79 Å². The summed E-state index contributed by atoms with van der Waals surface area (Å²) in [6, 6.07) is 12.3. The van der Waals surface area contributed by atoms with Gasteiger partial charge >= 0.3 is 6.18 Å². The number of carbonyl (C=O) groups is 1. The van der Waals surface area contributed by atoms with Crippen molar-refractivity contribution >= 4 is 39.3 Å². The zero-order chi connectivity index (χ0) is 17.0. The molecule has 0 spiro atoms. The summed E-state index contributed by atoms with van der Waals surface area (Å²) >= 11 is 4.60. The zero-order valence-corrected chi connectivity index (χ0v) is 14.4. The Morgan fingerprint density at radius 2 is 1.74 bits per heavy atom. The van der Waals surface area contributed by atoms with Crippen LogP contribution in [0.1, 0.15) is 12.5 Å². The van der Waals surface area contributed by atoms with Gasteiger partial charge in [-0.05, 0) is 43.3 Å². The molecule has 0 saturated carbocycles. The third kappa shape index (κ3) is 5.00. The third-order valence-corrected chi connectivity index (χ3v) is 4.63. The van der Waals surface area contributed by atoms with Gasteiger partial charge in [-0.1, -0.05) is 28.1 Å². The molecule has 0 fully saturated rings. The molecule has 1 amide bonds. The van der Waals surface area contributed by atoms with Crippen LogP contribution in [0.3, 0.4) is 0 Å². The van der Waals surface area contributed by atoms with E-state index in [0.717, 1.165) is 15.4 Å². The van der Waals surface area contributed by atoms with Crippen molar-refractivity contribution in [1.29, 1.82) is 0 Å². The van der Waals surface area contributed by atoms with Gasteiger partial charge in [0.1, 0.15) is 0 Å². The summed E-state index contributed by atoms with van der Waals surface area (Å²) in [4.78, 5) is 13.0. The van der Waals surface area contributed by atoms with E-state index in [1.165, 1.54) is 30.0 Å². The zero-order valence-electron chi connectivity index (χ0n) is 12.0. The van der Waals surface area contributed by atoms with E-state index in [1.807, 2.05) is 24.3 Å². The summed E-state index contributed by atoms with van der Waals surface area (Å²) < 4.78 is 39.7. The third-order valence-electron chi connectivity index (χ3n) is 2.99.